The van der Waals surface area contributed by atoms with Crippen molar-refractivity contribution in [3.63, 3.8) is 0 Å². The summed E-state index contributed by atoms with van der Waals surface area (Å²) in [6.07, 6.45) is 0. The highest BCUT2D eigenvalue weighted by atomic mass is 19.1. The first-order valence-electron chi connectivity index (χ1n) is 7.19. The molecule has 25 heavy (non-hydrogen) atoms. The third kappa shape index (κ3) is 3.60. The van der Waals surface area contributed by atoms with Crippen LogP contribution in [0.25, 0.3) is 10.9 Å². The second-order valence-corrected chi connectivity index (χ2v) is 5.19. The number of hydrogen-bond donors (Lipinski definition) is 1. The lowest BCUT2D eigenvalue weighted by Crippen LogP contribution is -2.12. The van der Waals surface area contributed by atoms with Crippen molar-refractivity contribution in [2.75, 3.05) is 6.61 Å². The molecule has 0 aliphatic carbocycles. The van der Waals surface area contributed by atoms with Crippen LogP contribution in [-0.4, -0.2) is 28.4 Å². The molecule has 0 saturated heterocycles. The van der Waals surface area contributed by atoms with E-state index in [9.17, 15) is 18.4 Å². The highest BCUT2D eigenvalue weighted by molar-refractivity contribution is 5.98. The fourth-order valence-electron chi connectivity index (χ4n) is 2.26. The second kappa shape index (κ2) is 6.64. The lowest BCUT2D eigenvalue weighted by atomic mass is 10.1. The Hall–Kier alpha value is -3.35. The van der Waals surface area contributed by atoms with Gasteiger partial charge in [-0.3, -0.25) is 4.79 Å². The Balaban J connectivity index is 1.91. The van der Waals surface area contributed by atoms with Gasteiger partial charge in [0.2, 0.25) is 0 Å². The maximum atomic E-state index is 13.5. The average Bonchev–Trinajstić information content (AvgIpc) is 2.59. The number of carbonyl (C=O) groups excluding carboxylic acids is 1. The Kier molecular flexibility index (Phi) is 4.38. The predicted octanol–water partition coefficient (Wildman–Crippen LogP) is 3.47. The molecule has 3 aromatic rings. The number of fused-ring (bicyclic) bond motifs is 1. The van der Waals surface area contributed by atoms with Gasteiger partial charge in [-0.05, 0) is 42.5 Å². The Labute approximate surface area is 140 Å². The maximum absolute atomic E-state index is 13.5. The van der Waals surface area contributed by atoms with E-state index in [1.165, 1.54) is 18.2 Å². The first-order chi connectivity index (χ1) is 11.9. The number of aromatic nitrogens is 1. The number of ether oxygens (including phenoxy) is 1. The molecule has 0 unspecified atom stereocenters. The van der Waals surface area contributed by atoms with Gasteiger partial charge in [0, 0.05) is 17.0 Å². The van der Waals surface area contributed by atoms with Gasteiger partial charge < -0.3 is 9.84 Å². The van der Waals surface area contributed by atoms with Crippen LogP contribution < -0.4 is 4.74 Å². The fourth-order valence-corrected chi connectivity index (χ4v) is 2.26. The summed E-state index contributed by atoms with van der Waals surface area (Å²) in [5.74, 6) is -2.71. The van der Waals surface area contributed by atoms with E-state index in [0.29, 0.717) is 0 Å². The molecule has 0 radical (unpaired) electrons. The normalized spacial score (nSPS) is 10.6. The van der Waals surface area contributed by atoms with E-state index in [1.807, 2.05) is 0 Å². The van der Waals surface area contributed by atoms with E-state index in [4.69, 9.17) is 9.84 Å². The number of rotatable bonds is 5. The molecule has 3 rings (SSSR count). The Morgan fingerprint density at radius 2 is 1.68 bits per heavy atom. The highest BCUT2D eigenvalue weighted by Gasteiger charge is 2.14. The van der Waals surface area contributed by atoms with Crippen LogP contribution in [0.1, 0.15) is 20.8 Å². The zero-order valence-corrected chi connectivity index (χ0v) is 12.7. The molecule has 0 amide bonds. The second-order valence-electron chi connectivity index (χ2n) is 5.19. The van der Waals surface area contributed by atoms with E-state index in [2.05, 4.69) is 4.98 Å². The summed E-state index contributed by atoms with van der Waals surface area (Å²) in [4.78, 5) is 27.2. The van der Waals surface area contributed by atoms with Gasteiger partial charge in [-0.25, -0.2) is 18.6 Å². The molecular weight excluding hydrogens is 332 g/mol. The number of benzene rings is 2. The molecule has 126 valence electrons. The number of carboxylic acid groups (broad SMARTS) is 1. The van der Waals surface area contributed by atoms with Gasteiger partial charge in [-0.15, -0.1) is 0 Å². The minimum atomic E-state index is -1.28. The van der Waals surface area contributed by atoms with Crippen LogP contribution in [0.2, 0.25) is 0 Å². The largest absolute Gasteiger partial charge is 0.485 e. The van der Waals surface area contributed by atoms with Crippen molar-refractivity contribution in [1.82, 2.24) is 4.98 Å². The van der Waals surface area contributed by atoms with E-state index < -0.39 is 30.0 Å². The van der Waals surface area contributed by atoms with Gasteiger partial charge >= 0.3 is 5.97 Å². The topological polar surface area (TPSA) is 76.5 Å². The molecule has 0 saturated carbocycles. The van der Waals surface area contributed by atoms with Crippen molar-refractivity contribution in [2.45, 2.75) is 0 Å². The maximum Gasteiger partial charge on any atom is 0.354 e. The van der Waals surface area contributed by atoms with Gasteiger partial charge in [0.25, 0.3) is 0 Å². The first kappa shape index (κ1) is 16.5. The van der Waals surface area contributed by atoms with Crippen LogP contribution in [0.5, 0.6) is 5.75 Å². The molecule has 0 fully saturated rings. The van der Waals surface area contributed by atoms with Crippen LogP contribution >= 0.6 is 0 Å². The Morgan fingerprint density at radius 3 is 2.36 bits per heavy atom. The summed E-state index contributed by atoms with van der Waals surface area (Å²) in [6, 6.07) is 9.66. The minimum absolute atomic E-state index is 0.0253. The fraction of sp³-hybridized carbons (Fsp3) is 0.0556. The van der Waals surface area contributed by atoms with Crippen LogP contribution in [0, 0.1) is 11.6 Å². The van der Waals surface area contributed by atoms with Gasteiger partial charge in [0.15, 0.2) is 18.1 Å². The number of pyridine rings is 1. The SMILES string of the molecule is O=C(COc1cc(C(=O)O)nc2ccc(F)cc12)c1ccc(F)cc1. The lowest BCUT2D eigenvalue weighted by Gasteiger charge is -2.10. The molecule has 7 heteroatoms. The Bertz CT molecular complexity index is 971. The third-order valence-electron chi connectivity index (χ3n) is 3.48. The van der Waals surface area contributed by atoms with Crippen molar-refractivity contribution in [2.24, 2.45) is 0 Å². The molecule has 0 bridgehead atoms. The highest BCUT2D eigenvalue weighted by Crippen LogP contribution is 2.26. The number of ketones is 1. The molecule has 2 aromatic carbocycles. The molecular formula is C18H11F2NO4. The van der Waals surface area contributed by atoms with E-state index in [-0.39, 0.29) is 27.9 Å². The minimum Gasteiger partial charge on any atom is -0.485 e. The number of aromatic carboxylic acids is 1. The quantitative estimate of drug-likeness (QED) is 0.718. The summed E-state index contributed by atoms with van der Waals surface area (Å²) >= 11 is 0. The van der Waals surface area contributed by atoms with Gasteiger partial charge in [-0.1, -0.05) is 0 Å². The van der Waals surface area contributed by atoms with Crippen molar-refractivity contribution < 1.29 is 28.2 Å². The van der Waals surface area contributed by atoms with Crippen LogP contribution in [-0.2, 0) is 0 Å². The summed E-state index contributed by atoms with van der Waals surface area (Å²) in [5.41, 5.74) is 0.179. The number of halogens is 2. The number of hydrogen-bond acceptors (Lipinski definition) is 4. The van der Waals surface area contributed by atoms with Crippen molar-refractivity contribution in [3.8, 4) is 5.75 Å². The zero-order chi connectivity index (χ0) is 18.0. The van der Waals surface area contributed by atoms with Gasteiger partial charge in [0.1, 0.15) is 17.4 Å². The van der Waals surface area contributed by atoms with Crippen molar-refractivity contribution >= 4 is 22.7 Å². The summed E-state index contributed by atoms with van der Waals surface area (Å²) in [5, 5.41) is 9.36. The summed E-state index contributed by atoms with van der Waals surface area (Å²) in [6.45, 7) is -0.416. The summed E-state index contributed by atoms with van der Waals surface area (Å²) < 4.78 is 31.8. The molecule has 5 nitrogen and oxygen atoms in total. The lowest BCUT2D eigenvalue weighted by molar-refractivity contribution is 0.0690. The summed E-state index contributed by atoms with van der Waals surface area (Å²) in [7, 11) is 0. The third-order valence-corrected chi connectivity index (χ3v) is 3.48. The van der Waals surface area contributed by atoms with Gasteiger partial charge in [-0.2, -0.15) is 0 Å². The average molecular weight is 343 g/mol. The number of carboxylic acids is 1. The number of carbonyl (C=O) groups is 2. The van der Waals surface area contributed by atoms with E-state index >= 15 is 0 Å². The molecule has 0 aliphatic heterocycles. The van der Waals surface area contributed by atoms with Gasteiger partial charge in [0.05, 0.1) is 5.52 Å². The van der Waals surface area contributed by atoms with Crippen LogP contribution in [0.3, 0.4) is 0 Å². The van der Waals surface area contributed by atoms with E-state index in [0.717, 1.165) is 30.3 Å². The zero-order valence-electron chi connectivity index (χ0n) is 12.7. The number of nitrogens with zero attached hydrogens (tertiary/aromatic N) is 1. The van der Waals surface area contributed by atoms with Crippen LogP contribution in [0.4, 0.5) is 8.78 Å². The smallest absolute Gasteiger partial charge is 0.354 e. The molecule has 0 aliphatic rings. The van der Waals surface area contributed by atoms with E-state index in [1.54, 1.807) is 0 Å². The molecule has 0 atom stereocenters. The molecule has 1 heterocycles. The van der Waals surface area contributed by atoms with Crippen molar-refractivity contribution in [1.29, 1.82) is 0 Å². The van der Waals surface area contributed by atoms with Crippen molar-refractivity contribution in [3.05, 3.63) is 71.4 Å². The standard InChI is InChI=1S/C18H11F2NO4/c19-11-3-1-10(2-4-11)16(22)9-25-17-8-15(18(23)24)21-14-6-5-12(20)7-13(14)17/h1-8H,9H2,(H,23,24). The molecule has 1 N–H and O–H groups in total. The monoisotopic (exact) mass is 343 g/mol. The molecule has 1 aromatic heterocycles. The number of Topliss-reactive ketones (excluding diaryl/α,β-unsaturated/α-hetero) is 1. The Morgan fingerprint density at radius 1 is 1.00 bits per heavy atom. The predicted molar refractivity (Wildman–Crippen MR) is 84.9 cm³/mol. The first-order valence-corrected chi connectivity index (χ1v) is 7.19. The molecule has 0 spiro atoms. The van der Waals surface area contributed by atoms with Crippen LogP contribution in [0.15, 0.2) is 48.5 Å².